The molecule has 0 aliphatic carbocycles. The third-order valence-corrected chi connectivity index (χ3v) is 4.75. The summed E-state index contributed by atoms with van der Waals surface area (Å²) in [5.74, 6) is 0. The molecule has 0 amide bonds. The topological polar surface area (TPSA) is 18.5 Å². The van der Waals surface area contributed by atoms with E-state index < -0.39 is 5.60 Å². The SMILES string of the molecule is ICCOCCOC(c1ccccc1)(c1ccccc1)c1ccccc1. The van der Waals surface area contributed by atoms with Crippen LogP contribution in [0.5, 0.6) is 0 Å². The smallest absolute Gasteiger partial charge is 0.143 e. The molecule has 0 N–H and O–H groups in total. The van der Waals surface area contributed by atoms with Crippen molar-refractivity contribution in [2.75, 3.05) is 24.2 Å². The highest BCUT2D eigenvalue weighted by Gasteiger charge is 2.37. The molecule has 0 saturated carbocycles. The van der Waals surface area contributed by atoms with Crippen molar-refractivity contribution in [3.63, 3.8) is 0 Å². The normalized spacial score (nSPS) is 11.4. The van der Waals surface area contributed by atoms with Crippen LogP contribution in [0.3, 0.4) is 0 Å². The number of alkyl halides is 1. The maximum atomic E-state index is 6.61. The van der Waals surface area contributed by atoms with Gasteiger partial charge in [0.05, 0.1) is 19.8 Å². The van der Waals surface area contributed by atoms with E-state index in [2.05, 4.69) is 95.4 Å². The minimum absolute atomic E-state index is 0.523. The van der Waals surface area contributed by atoms with Crippen LogP contribution in [0, 0.1) is 0 Å². The first kappa shape index (κ1) is 19.1. The number of rotatable bonds is 9. The van der Waals surface area contributed by atoms with Gasteiger partial charge in [0.15, 0.2) is 0 Å². The second-order valence-corrected chi connectivity index (χ2v) is 7.01. The van der Waals surface area contributed by atoms with Crippen molar-refractivity contribution >= 4 is 22.6 Å². The van der Waals surface area contributed by atoms with Crippen LogP contribution >= 0.6 is 22.6 Å². The van der Waals surface area contributed by atoms with Gasteiger partial charge in [0, 0.05) is 4.43 Å². The molecule has 0 bridgehead atoms. The number of hydrogen-bond acceptors (Lipinski definition) is 2. The molecular weight excluding hydrogens is 435 g/mol. The van der Waals surface area contributed by atoms with Crippen molar-refractivity contribution in [1.29, 1.82) is 0 Å². The fourth-order valence-electron chi connectivity index (χ4n) is 3.18. The molecule has 0 atom stereocenters. The average molecular weight is 458 g/mol. The molecular formula is C23H23IO2. The maximum absolute atomic E-state index is 6.61. The molecule has 0 aliphatic rings. The van der Waals surface area contributed by atoms with Crippen molar-refractivity contribution in [2.45, 2.75) is 5.60 Å². The van der Waals surface area contributed by atoms with Crippen molar-refractivity contribution in [3.05, 3.63) is 108 Å². The third-order valence-electron chi connectivity index (χ3n) is 4.31. The Morgan fingerprint density at radius 2 is 1.00 bits per heavy atom. The zero-order valence-corrected chi connectivity index (χ0v) is 16.8. The average Bonchev–Trinajstić information content (AvgIpc) is 2.73. The van der Waals surface area contributed by atoms with Crippen LogP contribution in [0.2, 0.25) is 0 Å². The van der Waals surface area contributed by atoms with E-state index in [4.69, 9.17) is 9.47 Å². The van der Waals surface area contributed by atoms with E-state index in [-0.39, 0.29) is 0 Å². The van der Waals surface area contributed by atoms with Gasteiger partial charge in [-0.25, -0.2) is 0 Å². The molecule has 3 rings (SSSR count). The number of hydrogen-bond donors (Lipinski definition) is 0. The molecule has 3 aromatic carbocycles. The van der Waals surface area contributed by atoms with Gasteiger partial charge in [-0.1, -0.05) is 114 Å². The van der Waals surface area contributed by atoms with Crippen LogP contribution < -0.4 is 0 Å². The molecule has 0 aromatic heterocycles. The van der Waals surface area contributed by atoms with Crippen LogP contribution in [0.25, 0.3) is 0 Å². The van der Waals surface area contributed by atoms with Gasteiger partial charge in [-0.05, 0) is 16.7 Å². The zero-order chi connectivity index (χ0) is 18.1. The monoisotopic (exact) mass is 458 g/mol. The Bertz CT molecular complexity index is 663. The molecule has 2 nitrogen and oxygen atoms in total. The van der Waals surface area contributed by atoms with Gasteiger partial charge < -0.3 is 9.47 Å². The molecule has 134 valence electrons. The number of ether oxygens (including phenoxy) is 2. The summed E-state index contributed by atoms with van der Waals surface area (Å²) in [6.45, 7) is 1.85. The van der Waals surface area contributed by atoms with Crippen molar-refractivity contribution in [1.82, 2.24) is 0 Å². The van der Waals surface area contributed by atoms with Gasteiger partial charge >= 0.3 is 0 Å². The molecule has 0 saturated heterocycles. The predicted octanol–water partition coefficient (Wildman–Crippen LogP) is 5.45. The van der Waals surface area contributed by atoms with Crippen molar-refractivity contribution in [3.8, 4) is 0 Å². The van der Waals surface area contributed by atoms with Gasteiger partial charge in [0.25, 0.3) is 0 Å². The lowest BCUT2D eigenvalue weighted by atomic mass is 9.80. The van der Waals surface area contributed by atoms with Crippen molar-refractivity contribution in [2.24, 2.45) is 0 Å². The second-order valence-electron chi connectivity index (χ2n) is 5.93. The lowest BCUT2D eigenvalue weighted by Crippen LogP contribution is -2.34. The molecule has 0 aliphatic heterocycles. The summed E-state index contributed by atoms with van der Waals surface area (Å²) in [4.78, 5) is 0. The van der Waals surface area contributed by atoms with E-state index in [0.29, 0.717) is 13.2 Å². The Morgan fingerprint density at radius 1 is 0.577 bits per heavy atom. The van der Waals surface area contributed by atoms with Crippen LogP contribution in [0.1, 0.15) is 16.7 Å². The Balaban J connectivity index is 2.06. The first-order valence-corrected chi connectivity index (χ1v) is 10.3. The number of benzene rings is 3. The summed E-state index contributed by atoms with van der Waals surface area (Å²) in [6.07, 6.45) is 0. The molecule has 26 heavy (non-hydrogen) atoms. The highest BCUT2D eigenvalue weighted by atomic mass is 127. The summed E-state index contributed by atoms with van der Waals surface area (Å²) in [5.41, 5.74) is 2.70. The summed E-state index contributed by atoms with van der Waals surface area (Å²) in [7, 11) is 0. The molecule has 3 aromatic rings. The van der Waals surface area contributed by atoms with E-state index in [1.165, 1.54) is 0 Å². The summed E-state index contributed by atoms with van der Waals surface area (Å²) >= 11 is 2.32. The summed E-state index contributed by atoms with van der Waals surface area (Å²) < 4.78 is 13.2. The molecule has 0 spiro atoms. The zero-order valence-electron chi connectivity index (χ0n) is 14.7. The van der Waals surface area contributed by atoms with Gasteiger partial charge in [-0.3, -0.25) is 0 Å². The van der Waals surface area contributed by atoms with Gasteiger partial charge in [-0.15, -0.1) is 0 Å². The molecule has 3 heteroatoms. The van der Waals surface area contributed by atoms with Crippen LogP contribution in [0.4, 0.5) is 0 Å². The Hall–Kier alpha value is -1.69. The van der Waals surface area contributed by atoms with Crippen LogP contribution in [-0.2, 0) is 15.1 Å². The first-order valence-electron chi connectivity index (χ1n) is 8.82. The van der Waals surface area contributed by atoms with E-state index in [0.717, 1.165) is 27.7 Å². The molecule has 0 heterocycles. The second kappa shape index (κ2) is 9.86. The molecule has 0 unspecified atom stereocenters. The largest absolute Gasteiger partial charge is 0.378 e. The molecule has 0 radical (unpaired) electrons. The van der Waals surface area contributed by atoms with E-state index >= 15 is 0 Å². The van der Waals surface area contributed by atoms with Gasteiger partial charge in [0.1, 0.15) is 5.60 Å². The first-order chi connectivity index (χ1) is 12.9. The van der Waals surface area contributed by atoms with E-state index in [9.17, 15) is 0 Å². The maximum Gasteiger partial charge on any atom is 0.143 e. The Labute approximate surface area is 169 Å². The van der Waals surface area contributed by atoms with E-state index in [1.807, 2.05) is 18.2 Å². The van der Waals surface area contributed by atoms with Gasteiger partial charge in [0.2, 0.25) is 0 Å². The van der Waals surface area contributed by atoms with Crippen LogP contribution in [0.15, 0.2) is 91.0 Å². The highest BCUT2D eigenvalue weighted by molar-refractivity contribution is 14.1. The van der Waals surface area contributed by atoms with Crippen LogP contribution in [-0.4, -0.2) is 24.2 Å². The van der Waals surface area contributed by atoms with Gasteiger partial charge in [-0.2, -0.15) is 0 Å². The lowest BCUT2D eigenvalue weighted by molar-refractivity contribution is -0.0212. The third kappa shape index (κ3) is 4.34. The highest BCUT2D eigenvalue weighted by Crippen LogP contribution is 2.40. The summed E-state index contributed by atoms with van der Waals surface area (Å²) in [5, 5.41) is 0. The number of halogens is 1. The Kier molecular flexibility index (Phi) is 7.23. The van der Waals surface area contributed by atoms with E-state index in [1.54, 1.807) is 0 Å². The predicted molar refractivity (Wildman–Crippen MR) is 115 cm³/mol. The minimum Gasteiger partial charge on any atom is -0.378 e. The standard InChI is InChI=1S/C23H23IO2/c24-16-17-25-18-19-26-23(20-10-4-1-5-11-20,21-12-6-2-7-13-21)22-14-8-3-9-15-22/h1-15H,16-19H2. The Morgan fingerprint density at radius 3 is 1.38 bits per heavy atom. The summed E-state index contributed by atoms with van der Waals surface area (Å²) in [6, 6.07) is 31.3. The quantitative estimate of drug-likeness (QED) is 0.184. The lowest BCUT2D eigenvalue weighted by Gasteiger charge is -2.36. The molecule has 0 fully saturated rings. The minimum atomic E-state index is -0.655. The van der Waals surface area contributed by atoms with Crippen molar-refractivity contribution < 1.29 is 9.47 Å². The fourth-order valence-corrected chi connectivity index (χ4v) is 3.49. The fraction of sp³-hybridized carbons (Fsp3) is 0.217.